The molecule has 1 saturated heterocycles. The maximum absolute atomic E-state index is 11.5. The van der Waals surface area contributed by atoms with Crippen molar-refractivity contribution in [3.63, 3.8) is 0 Å². The monoisotopic (exact) mass is 321 g/mol. The molecule has 1 fully saturated rings. The van der Waals surface area contributed by atoms with E-state index in [-0.39, 0.29) is 6.04 Å². The lowest BCUT2D eigenvalue weighted by atomic mass is 9.79. The van der Waals surface area contributed by atoms with Crippen LogP contribution in [0.3, 0.4) is 0 Å². The molecule has 2 nitrogen and oxygen atoms in total. The van der Waals surface area contributed by atoms with Crippen molar-refractivity contribution < 1.29 is 5.11 Å². The van der Waals surface area contributed by atoms with E-state index in [1.807, 2.05) is 48.5 Å². The summed E-state index contributed by atoms with van der Waals surface area (Å²) in [5, 5.41) is 16.2. The van der Waals surface area contributed by atoms with E-state index in [0.717, 1.165) is 30.5 Å². The lowest BCUT2D eigenvalue weighted by Gasteiger charge is -2.35. The van der Waals surface area contributed by atoms with E-state index in [2.05, 4.69) is 5.32 Å². The molecule has 0 aromatic heterocycles. The van der Waals surface area contributed by atoms with Crippen molar-refractivity contribution >= 4 is 23.2 Å². The van der Waals surface area contributed by atoms with Crippen molar-refractivity contribution in [1.29, 1.82) is 0 Å². The quantitative estimate of drug-likeness (QED) is 0.896. The molecule has 1 aliphatic rings. The van der Waals surface area contributed by atoms with Gasteiger partial charge >= 0.3 is 0 Å². The SMILES string of the molecule is OC(c1ccc(Cl)cc1)(c1ccc(Cl)cc1)[C@H]1CCCN1. The fourth-order valence-electron chi connectivity index (χ4n) is 3.02. The topological polar surface area (TPSA) is 32.3 Å². The Kier molecular flexibility index (Phi) is 4.23. The molecule has 1 heterocycles. The Balaban J connectivity index is 2.09. The average Bonchev–Trinajstić information content (AvgIpc) is 3.02. The van der Waals surface area contributed by atoms with E-state index in [1.54, 1.807) is 0 Å². The average molecular weight is 322 g/mol. The number of halogens is 2. The van der Waals surface area contributed by atoms with Crippen LogP contribution in [-0.4, -0.2) is 17.7 Å². The zero-order valence-corrected chi connectivity index (χ0v) is 13.0. The zero-order chi connectivity index (χ0) is 14.9. The molecule has 3 rings (SSSR count). The lowest BCUT2D eigenvalue weighted by Crippen LogP contribution is -2.46. The van der Waals surface area contributed by atoms with Gasteiger partial charge in [0.2, 0.25) is 0 Å². The van der Waals surface area contributed by atoms with E-state index in [9.17, 15) is 5.11 Å². The summed E-state index contributed by atoms with van der Waals surface area (Å²) in [6.45, 7) is 0.925. The number of hydrogen-bond acceptors (Lipinski definition) is 2. The van der Waals surface area contributed by atoms with Gasteiger partial charge in [0.1, 0.15) is 5.60 Å². The second-order valence-electron chi connectivity index (χ2n) is 5.43. The van der Waals surface area contributed by atoms with Gasteiger partial charge in [-0.3, -0.25) is 0 Å². The first kappa shape index (κ1) is 14.9. The molecule has 0 spiro atoms. The van der Waals surface area contributed by atoms with E-state index >= 15 is 0 Å². The smallest absolute Gasteiger partial charge is 0.130 e. The van der Waals surface area contributed by atoms with Gasteiger partial charge in [0, 0.05) is 16.1 Å². The summed E-state index contributed by atoms with van der Waals surface area (Å²) in [7, 11) is 0. The van der Waals surface area contributed by atoms with Crippen LogP contribution >= 0.6 is 23.2 Å². The largest absolute Gasteiger partial charge is 0.379 e. The van der Waals surface area contributed by atoms with Crippen LogP contribution < -0.4 is 5.32 Å². The van der Waals surface area contributed by atoms with Crippen LogP contribution in [0.25, 0.3) is 0 Å². The second kappa shape index (κ2) is 5.98. The molecular formula is C17H17Cl2NO. The predicted octanol–water partition coefficient (Wildman–Crippen LogP) is 3.98. The Morgan fingerprint density at radius 1 is 0.905 bits per heavy atom. The van der Waals surface area contributed by atoms with Crippen LogP contribution in [-0.2, 0) is 5.60 Å². The van der Waals surface area contributed by atoms with E-state index in [1.165, 1.54) is 0 Å². The summed E-state index contributed by atoms with van der Waals surface area (Å²) in [6, 6.07) is 14.8. The zero-order valence-electron chi connectivity index (χ0n) is 11.5. The van der Waals surface area contributed by atoms with Crippen molar-refractivity contribution in [2.45, 2.75) is 24.5 Å². The minimum absolute atomic E-state index is 0.0140. The molecule has 0 amide bonds. The number of benzene rings is 2. The number of hydrogen-bond donors (Lipinski definition) is 2. The molecule has 2 aromatic rings. The standard InChI is InChI=1S/C17H17Cl2NO/c18-14-7-3-12(4-8-14)17(21,16-2-1-11-20-16)13-5-9-15(19)10-6-13/h3-10,16,20-21H,1-2,11H2/t16-/m1/s1. The normalized spacial score (nSPS) is 18.9. The van der Waals surface area contributed by atoms with Crippen LogP contribution in [0.2, 0.25) is 10.0 Å². The van der Waals surface area contributed by atoms with Gasteiger partial charge in [-0.25, -0.2) is 0 Å². The van der Waals surface area contributed by atoms with Gasteiger partial charge in [-0.1, -0.05) is 47.5 Å². The molecular weight excluding hydrogens is 305 g/mol. The fourth-order valence-corrected chi connectivity index (χ4v) is 3.27. The van der Waals surface area contributed by atoms with E-state index in [4.69, 9.17) is 23.2 Å². The molecule has 0 aliphatic carbocycles. The third kappa shape index (κ3) is 2.82. The molecule has 4 heteroatoms. The minimum Gasteiger partial charge on any atom is -0.379 e. The molecule has 0 bridgehead atoms. The van der Waals surface area contributed by atoms with E-state index in [0.29, 0.717) is 10.0 Å². The molecule has 0 saturated carbocycles. The summed E-state index contributed by atoms with van der Waals surface area (Å²) in [5.41, 5.74) is 0.605. The molecule has 2 N–H and O–H groups in total. The first-order valence-corrected chi connectivity index (χ1v) is 7.84. The fraction of sp³-hybridized carbons (Fsp3) is 0.294. The highest BCUT2D eigenvalue weighted by Gasteiger charge is 2.41. The van der Waals surface area contributed by atoms with Gasteiger partial charge < -0.3 is 10.4 Å². The van der Waals surface area contributed by atoms with Crippen LogP contribution in [0, 0.1) is 0 Å². The lowest BCUT2D eigenvalue weighted by molar-refractivity contribution is 0.0442. The van der Waals surface area contributed by atoms with E-state index < -0.39 is 5.60 Å². The van der Waals surface area contributed by atoms with Crippen molar-refractivity contribution in [2.24, 2.45) is 0 Å². The maximum Gasteiger partial charge on any atom is 0.130 e. The Morgan fingerprint density at radius 2 is 1.38 bits per heavy atom. The molecule has 21 heavy (non-hydrogen) atoms. The Hall–Kier alpha value is -1.06. The number of aliphatic hydroxyl groups is 1. The van der Waals surface area contributed by atoms with Crippen LogP contribution in [0.15, 0.2) is 48.5 Å². The van der Waals surface area contributed by atoms with Crippen LogP contribution in [0.1, 0.15) is 24.0 Å². The van der Waals surface area contributed by atoms with Crippen molar-refractivity contribution in [2.75, 3.05) is 6.54 Å². The van der Waals surface area contributed by atoms with Crippen molar-refractivity contribution in [3.8, 4) is 0 Å². The predicted molar refractivity (Wildman–Crippen MR) is 86.9 cm³/mol. The molecule has 1 aliphatic heterocycles. The van der Waals surface area contributed by atoms with Gasteiger partial charge in [-0.05, 0) is 54.8 Å². The molecule has 0 radical (unpaired) electrons. The highest BCUT2D eigenvalue weighted by molar-refractivity contribution is 6.30. The molecule has 2 aromatic carbocycles. The maximum atomic E-state index is 11.5. The molecule has 110 valence electrons. The third-order valence-corrected chi connectivity index (χ3v) is 4.64. The number of rotatable bonds is 3. The van der Waals surface area contributed by atoms with Gasteiger partial charge in [0.15, 0.2) is 0 Å². The highest BCUT2D eigenvalue weighted by Crippen LogP contribution is 2.37. The minimum atomic E-state index is -1.08. The summed E-state index contributed by atoms with van der Waals surface area (Å²) < 4.78 is 0. The first-order valence-electron chi connectivity index (χ1n) is 7.08. The van der Waals surface area contributed by atoms with Crippen LogP contribution in [0.5, 0.6) is 0 Å². The summed E-state index contributed by atoms with van der Waals surface area (Å²) in [5.74, 6) is 0. The Bertz CT molecular complexity index is 558. The van der Waals surface area contributed by atoms with Gasteiger partial charge in [0.25, 0.3) is 0 Å². The summed E-state index contributed by atoms with van der Waals surface area (Å²) in [4.78, 5) is 0. The van der Waals surface area contributed by atoms with Crippen molar-refractivity contribution in [1.82, 2.24) is 5.32 Å². The molecule has 0 unspecified atom stereocenters. The third-order valence-electron chi connectivity index (χ3n) is 4.13. The van der Waals surface area contributed by atoms with Gasteiger partial charge in [0.05, 0.1) is 0 Å². The van der Waals surface area contributed by atoms with Crippen LogP contribution in [0.4, 0.5) is 0 Å². The van der Waals surface area contributed by atoms with Crippen molar-refractivity contribution in [3.05, 3.63) is 69.7 Å². The van der Waals surface area contributed by atoms with Gasteiger partial charge in [-0.15, -0.1) is 0 Å². The number of nitrogens with one attached hydrogen (secondary N) is 1. The Labute approximate surface area is 134 Å². The summed E-state index contributed by atoms with van der Waals surface area (Å²) >= 11 is 11.9. The summed E-state index contributed by atoms with van der Waals surface area (Å²) in [6.07, 6.45) is 2.00. The first-order chi connectivity index (χ1) is 10.1. The highest BCUT2D eigenvalue weighted by atomic mass is 35.5. The second-order valence-corrected chi connectivity index (χ2v) is 6.30. The van der Waals surface area contributed by atoms with Gasteiger partial charge in [-0.2, -0.15) is 0 Å². The molecule has 1 atom stereocenters. The Morgan fingerprint density at radius 3 is 1.76 bits per heavy atom.